The third-order valence-electron chi connectivity index (χ3n) is 3.17. The molecule has 0 saturated heterocycles. The number of hydrogen-bond acceptors (Lipinski definition) is 2. The molecule has 0 spiro atoms. The molecule has 1 saturated carbocycles. The molecule has 0 radical (unpaired) electrons. The Hall–Kier alpha value is -1.63. The predicted octanol–water partition coefficient (Wildman–Crippen LogP) is 2.35. The van der Waals surface area contributed by atoms with E-state index in [-0.39, 0.29) is 18.0 Å². The van der Waals surface area contributed by atoms with Gasteiger partial charge >= 0.3 is 6.18 Å². The molecule has 1 aliphatic rings. The van der Waals surface area contributed by atoms with Gasteiger partial charge in [-0.25, -0.2) is 4.39 Å². The third-order valence-corrected chi connectivity index (χ3v) is 3.17. The van der Waals surface area contributed by atoms with Crippen LogP contribution < -0.4 is 5.32 Å². The number of halogens is 4. The zero-order chi connectivity index (χ0) is 14.9. The average molecular weight is 291 g/mol. The van der Waals surface area contributed by atoms with Crippen molar-refractivity contribution in [3.63, 3.8) is 0 Å². The molecule has 0 aromatic heterocycles. The zero-order valence-electron chi connectivity index (χ0n) is 10.4. The van der Waals surface area contributed by atoms with Gasteiger partial charge in [0.05, 0.1) is 11.7 Å². The fourth-order valence-corrected chi connectivity index (χ4v) is 1.83. The van der Waals surface area contributed by atoms with Crippen LogP contribution in [0.5, 0.6) is 0 Å². The van der Waals surface area contributed by atoms with Crippen molar-refractivity contribution in [2.24, 2.45) is 5.92 Å². The lowest BCUT2D eigenvalue weighted by Crippen LogP contribution is -2.33. The van der Waals surface area contributed by atoms with Crippen molar-refractivity contribution in [1.82, 2.24) is 5.32 Å². The maximum absolute atomic E-state index is 13.1. The molecule has 1 amide bonds. The van der Waals surface area contributed by atoms with E-state index in [1.165, 1.54) is 0 Å². The van der Waals surface area contributed by atoms with Crippen molar-refractivity contribution in [2.45, 2.75) is 25.1 Å². The van der Waals surface area contributed by atoms with E-state index in [0.717, 1.165) is 18.9 Å². The first-order valence-corrected chi connectivity index (χ1v) is 6.12. The summed E-state index contributed by atoms with van der Waals surface area (Å²) < 4.78 is 50.6. The Bertz CT molecular complexity index is 512. The van der Waals surface area contributed by atoms with Crippen LogP contribution >= 0.6 is 0 Å². The minimum Gasteiger partial charge on any atom is -0.391 e. The summed E-state index contributed by atoms with van der Waals surface area (Å²) in [4.78, 5) is 11.7. The first kappa shape index (κ1) is 14.8. The van der Waals surface area contributed by atoms with Gasteiger partial charge in [0.15, 0.2) is 0 Å². The maximum atomic E-state index is 13.1. The monoisotopic (exact) mass is 291 g/mol. The van der Waals surface area contributed by atoms with Gasteiger partial charge in [-0.15, -0.1) is 0 Å². The minimum absolute atomic E-state index is 0.0256. The molecular formula is C13H13F4NO2. The lowest BCUT2D eigenvalue weighted by molar-refractivity contribution is -0.140. The van der Waals surface area contributed by atoms with Crippen LogP contribution in [0.4, 0.5) is 17.6 Å². The van der Waals surface area contributed by atoms with Gasteiger partial charge in [-0.1, -0.05) is 0 Å². The van der Waals surface area contributed by atoms with Crippen molar-refractivity contribution >= 4 is 5.91 Å². The molecule has 1 aromatic carbocycles. The van der Waals surface area contributed by atoms with Crippen LogP contribution in [-0.2, 0) is 6.18 Å². The van der Waals surface area contributed by atoms with Gasteiger partial charge < -0.3 is 10.4 Å². The van der Waals surface area contributed by atoms with Gasteiger partial charge in [-0.05, 0) is 37.0 Å². The van der Waals surface area contributed by atoms with Gasteiger partial charge in [-0.3, -0.25) is 4.79 Å². The molecule has 0 bridgehead atoms. The summed E-state index contributed by atoms with van der Waals surface area (Å²) in [7, 11) is 0. The number of aliphatic hydroxyl groups is 1. The predicted molar refractivity (Wildman–Crippen MR) is 62.5 cm³/mol. The highest BCUT2D eigenvalue weighted by atomic mass is 19.4. The number of hydrogen-bond donors (Lipinski definition) is 2. The Balaban J connectivity index is 2.06. The van der Waals surface area contributed by atoms with Gasteiger partial charge in [-0.2, -0.15) is 13.2 Å². The topological polar surface area (TPSA) is 49.3 Å². The molecule has 0 heterocycles. The number of benzene rings is 1. The maximum Gasteiger partial charge on any atom is 0.419 e. The molecule has 110 valence electrons. The Kier molecular flexibility index (Phi) is 3.99. The zero-order valence-corrected chi connectivity index (χ0v) is 10.4. The van der Waals surface area contributed by atoms with Crippen LogP contribution in [0.1, 0.15) is 28.8 Å². The van der Waals surface area contributed by atoms with Gasteiger partial charge in [0.2, 0.25) is 0 Å². The van der Waals surface area contributed by atoms with Crippen molar-refractivity contribution in [3.8, 4) is 0 Å². The molecular weight excluding hydrogens is 278 g/mol. The summed E-state index contributed by atoms with van der Waals surface area (Å²) in [6.45, 7) is -0.0256. The number of nitrogens with one attached hydrogen (secondary N) is 1. The van der Waals surface area contributed by atoms with E-state index in [0.29, 0.717) is 12.1 Å². The van der Waals surface area contributed by atoms with E-state index < -0.39 is 29.6 Å². The SMILES string of the molecule is O=C(NCC(O)C1CC1)c1ccc(F)c(C(F)(F)F)c1. The molecule has 2 rings (SSSR count). The van der Waals surface area contributed by atoms with Crippen molar-refractivity contribution in [3.05, 3.63) is 35.1 Å². The van der Waals surface area contributed by atoms with Crippen molar-refractivity contribution in [2.75, 3.05) is 6.54 Å². The summed E-state index contributed by atoms with van der Waals surface area (Å²) in [5, 5.41) is 11.9. The molecule has 3 nitrogen and oxygen atoms in total. The smallest absolute Gasteiger partial charge is 0.391 e. The van der Waals surface area contributed by atoms with Crippen LogP contribution in [0.2, 0.25) is 0 Å². The highest BCUT2D eigenvalue weighted by molar-refractivity contribution is 5.94. The summed E-state index contributed by atoms with van der Waals surface area (Å²) in [6, 6.07) is 2.05. The lowest BCUT2D eigenvalue weighted by atomic mass is 10.1. The first-order chi connectivity index (χ1) is 9.29. The van der Waals surface area contributed by atoms with E-state index in [1.807, 2.05) is 0 Å². The molecule has 1 aliphatic carbocycles. The summed E-state index contributed by atoms with van der Waals surface area (Å²) in [5.74, 6) is -2.04. The number of aliphatic hydroxyl groups excluding tert-OH is 1. The molecule has 2 N–H and O–H groups in total. The van der Waals surface area contributed by atoms with Gasteiger partial charge in [0.1, 0.15) is 5.82 Å². The number of carbonyl (C=O) groups is 1. The van der Waals surface area contributed by atoms with Gasteiger partial charge in [0, 0.05) is 12.1 Å². The van der Waals surface area contributed by atoms with E-state index >= 15 is 0 Å². The summed E-state index contributed by atoms with van der Waals surface area (Å²) in [5.41, 5.74) is -1.77. The van der Waals surface area contributed by atoms with E-state index in [9.17, 15) is 27.5 Å². The molecule has 1 fully saturated rings. The fraction of sp³-hybridized carbons (Fsp3) is 0.462. The highest BCUT2D eigenvalue weighted by Gasteiger charge is 2.35. The van der Waals surface area contributed by atoms with Crippen molar-refractivity contribution < 1.29 is 27.5 Å². The number of alkyl halides is 3. The normalized spacial score (nSPS) is 16.9. The van der Waals surface area contributed by atoms with Gasteiger partial charge in [0.25, 0.3) is 5.91 Å². The Morgan fingerprint density at radius 3 is 2.60 bits per heavy atom. The first-order valence-electron chi connectivity index (χ1n) is 6.12. The number of rotatable bonds is 4. The van der Waals surface area contributed by atoms with Crippen molar-refractivity contribution in [1.29, 1.82) is 0 Å². The van der Waals surface area contributed by atoms with E-state index in [2.05, 4.69) is 5.32 Å². The second kappa shape index (κ2) is 5.40. The molecule has 1 atom stereocenters. The fourth-order valence-electron chi connectivity index (χ4n) is 1.83. The number of carbonyl (C=O) groups excluding carboxylic acids is 1. The number of amides is 1. The Morgan fingerprint density at radius 2 is 2.05 bits per heavy atom. The third kappa shape index (κ3) is 3.47. The van der Waals surface area contributed by atoms with E-state index in [4.69, 9.17) is 0 Å². The second-order valence-corrected chi connectivity index (χ2v) is 4.81. The second-order valence-electron chi connectivity index (χ2n) is 4.81. The molecule has 20 heavy (non-hydrogen) atoms. The van der Waals surface area contributed by atoms with E-state index in [1.54, 1.807) is 0 Å². The van der Waals surface area contributed by atoms with Crippen LogP contribution in [0.3, 0.4) is 0 Å². The molecule has 1 aromatic rings. The van der Waals surface area contributed by atoms with Crippen LogP contribution in [0.25, 0.3) is 0 Å². The summed E-state index contributed by atoms with van der Waals surface area (Å²) in [6.07, 6.45) is -3.78. The molecule has 7 heteroatoms. The van der Waals surface area contributed by atoms with Crippen LogP contribution in [0, 0.1) is 11.7 Å². The van der Waals surface area contributed by atoms with Crippen LogP contribution in [-0.4, -0.2) is 23.7 Å². The average Bonchev–Trinajstić information content (AvgIpc) is 3.18. The Morgan fingerprint density at radius 1 is 1.40 bits per heavy atom. The van der Waals surface area contributed by atoms with Crippen LogP contribution in [0.15, 0.2) is 18.2 Å². The summed E-state index contributed by atoms with van der Waals surface area (Å²) >= 11 is 0. The highest BCUT2D eigenvalue weighted by Crippen LogP contribution is 2.33. The molecule has 0 aliphatic heterocycles. The largest absolute Gasteiger partial charge is 0.419 e. The quantitative estimate of drug-likeness (QED) is 0.837. The Labute approximate surface area is 112 Å². The lowest BCUT2D eigenvalue weighted by Gasteiger charge is -2.12. The standard InChI is InChI=1S/C13H13F4NO2/c14-10-4-3-8(5-9(10)13(15,16)17)12(20)18-6-11(19)7-1-2-7/h3-5,7,11,19H,1-2,6H2,(H,18,20). The minimum atomic E-state index is -4.85. The molecule has 1 unspecified atom stereocenters.